The zero-order valence-electron chi connectivity index (χ0n) is 10.6. The van der Waals surface area contributed by atoms with Gasteiger partial charge in [-0.05, 0) is 18.4 Å². The highest BCUT2D eigenvalue weighted by Gasteiger charge is 2.42. The van der Waals surface area contributed by atoms with Crippen molar-refractivity contribution in [1.82, 2.24) is 4.83 Å². The highest BCUT2D eigenvalue weighted by molar-refractivity contribution is 7.41. The van der Waals surface area contributed by atoms with Gasteiger partial charge in [-0.2, -0.15) is 0 Å². The van der Waals surface area contributed by atoms with E-state index >= 15 is 0 Å². The van der Waals surface area contributed by atoms with Crippen LogP contribution < -0.4 is 5.73 Å². The first-order valence-corrected chi connectivity index (χ1v) is 6.94. The van der Waals surface area contributed by atoms with Crippen molar-refractivity contribution in [3.05, 3.63) is 0 Å². The number of hydroxylamine groups is 1. The van der Waals surface area contributed by atoms with Crippen LogP contribution in [0.25, 0.3) is 0 Å². The lowest BCUT2D eigenvalue weighted by Gasteiger charge is -2.18. The summed E-state index contributed by atoms with van der Waals surface area (Å²) in [5.41, 5.74) is 5.17. The van der Waals surface area contributed by atoms with Crippen LogP contribution in [0.5, 0.6) is 0 Å². The third-order valence-corrected chi connectivity index (χ3v) is 3.43. The lowest BCUT2D eigenvalue weighted by molar-refractivity contribution is -0.242. The molecule has 0 aromatic heterocycles. The van der Waals surface area contributed by atoms with Crippen LogP contribution in [-0.2, 0) is 18.9 Å². The van der Waals surface area contributed by atoms with Crippen molar-refractivity contribution >= 4 is 13.9 Å². The maximum Gasteiger partial charge on any atom is 0.462 e. The number of alkyl halides is 3. The summed E-state index contributed by atoms with van der Waals surface area (Å²) in [5.74, 6) is -0.857. The third-order valence-electron chi connectivity index (χ3n) is 1.91. The molecular weight excluding hydrogens is 288 g/mol. The van der Waals surface area contributed by atoms with Crippen molar-refractivity contribution in [2.75, 3.05) is 19.3 Å². The fourth-order valence-corrected chi connectivity index (χ4v) is 2.14. The van der Waals surface area contributed by atoms with Crippen LogP contribution in [0.15, 0.2) is 0 Å². The van der Waals surface area contributed by atoms with Crippen LogP contribution in [0, 0.1) is 0 Å². The zero-order valence-corrected chi connectivity index (χ0v) is 11.5. The van der Waals surface area contributed by atoms with Crippen LogP contribution in [0.4, 0.5) is 13.2 Å². The highest BCUT2D eigenvalue weighted by atomic mass is 31.1. The number of carbonyl (C=O) groups is 1. The fraction of sp³-hybridized carbons (Fsp3) is 0.889. The fourth-order valence-electron chi connectivity index (χ4n) is 1.05. The SMILES string of the molecule is CCOC(=O)C(C)N(OC(F)C(F)F)[P+](=O)CCN. The second-order valence-corrected chi connectivity index (χ2v) is 4.93. The van der Waals surface area contributed by atoms with Gasteiger partial charge in [-0.1, -0.05) is 0 Å². The normalized spacial score (nSPS) is 15.5. The summed E-state index contributed by atoms with van der Waals surface area (Å²) >= 11 is 0. The Hall–Kier alpha value is -0.760. The molecule has 0 aliphatic carbocycles. The summed E-state index contributed by atoms with van der Waals surface area (Å²) in [4.78, 5) is 16.0. The molecule has 112 valence electrons. The molecule has 0 aliphatic heterocycles. The number of nitrogens with zero attached hydrogens (tertiary/aromatic N) is 1. The van der Waals surface area contributed by atoms with Crippen LogP contribution in [0.1, 0.15) is 13.8 Å². The molecule has 10 heteroatoms. The molecule has 0 rings (SSSR count). The third kappa shape index (κ3) is 6.29. The van der Waals surface area contributed by atoms with Crippen LogP contribution in [-0.4, -0.2) is 48.9 Å². The average molecular weight is 305 g/mol. The number of nitrogens with two attached hydrogens (primary N) is 1. The Bertz CT molecular complexity index is 309. The van der Waals surface area contributed by atoms with Crippen LogP contribution in [0.3, 0.4) is 0 Å². The van der Waals surface area contributed by atoms with E-state index in [4.69, 9.17) is 5.73 Å². The zero-order chi connectivity index (χ0) is 15.0. The second-order valence-electron chi connectivity index (χ2n) is 3.39. The summed E-state index contributed by atoms with van der Waals surface area (Å²) in [6.45, 7) is 2.75. The molecule has 0 amide bonds. The largest absolute Gasteiger partial charge is 0.465 e. The van der Waals surface area contributed by atoms with Crippen molar-refractivity contribution in [3.63, 3.8) is 0 Å². The van der Waals surface area contributed by atoms with Crippen molar-refractivity contribution in [2.24, 2.45) is 5.73 Å². The molecule has 19 heavy (non-hydrogen) atoms. The molecule has 0 saturated carbocycles. The number of carbonyl (C=O) groups excluding carboxylic acids is 1. The summed E-state index contributed by atoms with van der Waals surface area (Å²) in [6.07, 6.45) is -6.53. The highest BCUT2D eigenvalue weighted by Crippen LogP contribution is 2.31. The molecule has 0 heterocycles. The molecular formula is C9H17F3N2O4P+. The van der Waals surface area contributed by atoms with Crippen molar-refractivity contribution < 1.29 is 32.1 Å². The maximum atomic E-state index is 12.9. The van der Waals surface area contributed by atoms with E-state index in [0.29, 0.717) is 4.83 Å². The predicted molar refractivity (Wildman–Crippen MR) is 61.4 cm³/mol. The van der Waals surface area contributed by atoms with Gasteiger partial charge in [0, 0.05) is 11.4 Å². The minimum absolute atomic E-state index is 0.0315. The van der Waals surface area contributed by atoms with E-state index in [2.05, 4.69) is 9.57 Å². The van der Waals surface area contributed by atoms with Crippen LogP contribution >= 0.6 is 7.95 Å². The number of hydrogen-bond donors (Lipinski definition) is 1. The van der Waals surface area contributed by atoms with E-state index in [1.807, 2.05) is 0 Å². The topological polar surface area (TPSA) is 81.9 Å². The first-order valence-electron chi connectivity index (χ1n) is 5.54. The van der Waals surface area contributed by atoms with Gasteiger partial charge < -0.3 is 10.5 Å². The molecule has 3 atom stereocenters. The van der Waals surface area contributed by atoms with Gasteiger partial charge in [0.25, 0.3) is 12.8 Å². The molecule has 3 unspecified atom stereocenters. The first-order chi connectivity index (χ1) is 8.84. The van der Waals surface area contributed by atoms with Gasteiger partial charge in [-0.3, -0.25) is 4.79 Å². The number of halogens is 3. The maximum absolute atomic E-state index is 12.9. The van der Waals surface area contributed by atoms with E-state index < -0.39 is 32.7 Å². The van der Waals surface area contributed by atoms with E-state index in [1.165, 1.54) is 13.8 Å². The Morgan fingerprint density at radius 3 is 2.42 bits per heavy atom. The van der Waals surface area contributed by atoms with E-state index in [9.17, 15) is 22.5 Å². The quantitative estimate of drug-likeness (QED) is 0.394. The Morgan fingerprint density at radius 2 is 2.00 bits per heavy atom. The van der Waals surface area contributed by atoms with Gasteiger partial charge >= 0.3 is 13.9 Å². The molecule has 0 aliphatic rings. The number of hydrogen-bond acceptors (Lipinski definition) is 5. The van der Waals surface area contributed by atoms with Gasteiger partial charge in [0.15, 0.2) is 12.2 Å². The molecule has 0 radical (unpaired) electrons. The standard InChI is InChI=1S/C9H17F3N2O4P/c1-3-17-9(15)6(2)14(19(16)5-4-13)18-8(12)7(10)11/h6-8H,3-5,13H2,1-2H3/q+1. The molecule has 0 fully saturated rings. The Morgan fingerprint density at radius 1 is 1.42 bits per heavy atom. The van der Waals surface area contributed by atoms with Gasteiger partial charge in [-0.15, -0.1) is 0 Å². The van der Waals surface area contributed by atoms with E-state index in [0.717, 1.165) is 0 Å². The summed E-state index contributed by atoms with van der Waals surface area (Å²) < 4.78 is 53.4. The molecule has 0 saturated heterocycles. The van der Waals surface area contributed by atoms with Crippen LogP contribution in [0.2, 0.25) is 0 Å². The molecule has 0 aromatic rings. The van der Waals surface area contributed by atoms with E-state index in [1.54, 1.807) is 0 Å². The second kappa shape index (κ2) is 9.19. The first kappa shape index (κ1) is 18.2. The summed E-state index contributed by atoms with van der Waals surface area (Å²) in [5, 5.41) is 0. The minimum atomic E-state index is -3.42. The lowest BCUT2D eigenvalue weighted by atomic mass is 10.4. The van der Waals surface area contributed by atoms with Gasteiger partial charge in [0.1, 0.15) is 0 Å². The number of ether oxygens (including phenoxy) is 1. The van der Waals surface area contributed by atoms with Crippen molar-refractivity contribution in [1.29, 1.82) is 0 Å². The smallest absolute Gasteiger partial charge is 0.462 e. The molecule has 6 nitrogen and oxygen atoms in total. The van der Waals surface area contributed by atoms with Crippen molar-refractivity contribution in [3.8, 4) is 0 Å². The molecule has 0 aromatic carbocycles. The minimum Gasteiger partial charge on any atom is -0.465 e. The lowest BCUT2D eigenvalue weighted by Crippen LogP contribution is -2.39. The van der Waals surface area contributed by atoms with Gasteiger partial charge in [-0.25, -0.2) is 18.0 Å². The number of rotatable bonds is 9. The molecule has 2 N–H and O–H groups in total. The Balaban J connectivity index is 4.84. The van der Waals surface area contributed by atoms with Gasteiger partial charge in [0.2, 0.25) is 0 Å². The monoisotopic (exact) mass is 305 g/mol. The Labute approximate surface area is 109 Å². The summed E-state index contributed by atoms with van der Waals surface area (Å²) in [6, 6.07) is -1.29. The molecule has 0 bridgehead atoms. The summed E-state index contributed by atoms with van der Waals surface area (Å²) in [7, 11) is -2.42. The number of esters is 1. The molecule has 0 spiro atoms. The Kier molecular flexibility index (Phi) is 8.82. The average Bonchev–Trinajstić information content (AvgIpc) is 2.35. The van der Waals surface area contributed by atoms with E-state index in [-0.39, 0.29) is 19.3 Å². The van der Waals surface area contributed by atoms with Gasteiger partial charge in [0.05, 0.1) is 6.61 Å². The van der Waals surface area contributed by atoms with Crippen molar-refractivity contribution in [2.45, 2.75) is 32.7 Å². The predicted octanol–water partition coefficient (Wildman–Crippen LogP) is 1.43.